The van der Waals surface area contributed by atoms with Crippen LogP contribution in [0.4, 0.5) is 0 Å². The summed E-state index contributed by atoms with van der Waals surface area (Å²) in [5, 5.41) is 17.2. The second-order valence-corrected chi connectivity index (χ2v) is 7.81. The van der Waals surface area contributed by atoms with Crippen LogP contribution in [0.15, 0.2) is 60.7 Å². The molecule has 5 rings (SSSR count). The SMILES string of the molecule is O=C(c1cc(-c2ccccc2O)n[nH]1)N1C[C@@H](c2ccccc2)O[C@@H](C2CC2)C1. The molecule has 0 unspecified atom stereocenters. The highest BCUT2D eigenvalue weighted by molar-refractivity contribution is 5.93. The highest BCUT2D eigenvalue weighted by Crippen LogP contribution is 2.39. The number of para-hydroxylation sites is 1. The Morgan fingerprint density at radius 3 is 2.59 bits per heavy atom. The van der Waals surface area contributed by atoms with Gasteiger partial charge < -0.3 is 14.7 Å². The average molecular weight is 389 g/mol. The normalized spacial score (nSPS) is 21.9. The molecule has 3 aromatic rings. The van der Waals surface area contributed by atoms with Crippen LogP contribution in [-0.4, -0.2) is 45.3 Å². The molecule has 1 amide bonds. The number of carbonyl (C=O) groups is 1. The minimum Gasteiger partial charge on any atom is -0.507 e. The van der Waals surface area contributed by atoms with Crippen molar-refractivity contribution in [2.24, 2.45) is 5.92 Å². The number of ether oxygens (including phenoxy) is 1. The van der Waals surface area contributed by atoms with E-state index in [4.69, 9.17) is 4.74 Å². The summed E-state index contributed by atoms with van der Waals surface area (Å²) in [4.78, 5) is 15.1. The fraction of sp³-hybridized carbons (Fsp3) is 0.304. The summed E-state index contributed by atoms with van der Waals surface area (Å²) in [5.41, 5.74) is 2.67. The summed E-state index contributed by atoms with van der Waals surface area (Å²) in [6.45, 7) is 1.11. The lowest BCUT2D eigenvalue weighted by atomic mass is 10.0. The number of phenolic OH excluding ortho intramolecular Hbond substituents is 1. The van der Waals surface area contributed by atoms with Crippen LogP contribution in [0.1, 0.15) is 35.0 Å². The zero-order valence-corrected chi connectivity index (χ0v) is 16.0. The van der Waals surface area contributed by atoms with Gasteiger partial charge in [-0.15, -0.1) is 0 Å². The Bertz CT molecular complexity index is 1010. The number of aromatic amines is 1. The van der Waals surface area contributed by atoms with E-state index in [0.29, 0.717) is 36.0 Å². The average Bonchev–Trinajstić information content (AvgIpc) is 3.51. The molecule has 2 heterocycles. The summed E-state index contributed by atoms with van der Waals surface area (Å²) in [5.74, 6) is 0.590. The Kier molecular flexibility index (Phi) is 4.56. The largest absolute Gasteiger partial charge is 0.507 e. The third kappa shape index (κ3) is 3.63. The molecule has 148 valence electrons. The maximum Gasteiger partial charge on any atom is 0.272 e. The number of carbonyl (C=O) groups excluding carboxylic acids is 1. The molecule has 1 saturated heterocycles. The highest BCUT2D eigenvalue weighted by Gasteiger charge is 2.40. The van der Waals surface area contributed by atoms with E-state index in [2.05, 4.69) is 22.3 Å². The van der Waals surface area contributed by atoms with Crippen LogP contribution in [0.3, 0.4) is 0 Å². The minimum atomic E-state index is -0.125. The zero-order valence-electron chi connectivity index (χ0n) is 16.0. The molecule has 2 atom stereocenters. The molecule has 6 heteroatoms. The van der Waals surface area contributed by atoms with E-state index in [0.717, 1.165) is 18.4 Å². The van der Waals surface area contributed by atoms with Crippen molar-refractivity contribution < 1.29 is 14.6 Å². The van der Waals surface area contributed by atoms with Crippen LogP contribution in [-0.2, 0) is 4.74 Å². The van der Waals surface area contributed by atoms with Gasteiger partial charge in [0.05, 0.1) is 18.3 Å². The summed E-state index contributed by atoms with van der Waals surface area (Å²) >= 11 is 0. The molecule has 2 N–H and O–H groups in total. The maximum atomic E-state index is 13.2. The van der Waals surface area contributed by atoms with E-state index in [1.807, 2.05) is 29.2 Å². The third-order valence-corrected chi connectivity index (χ3v) is 5.72. The molecule has 1 aliphatic heterocycles. The first kappa shape index (κ1) is 17.9. The van der Waals surface area contributed by atoms with Crippen LogP contribution < -0.4 is 0 Å². The molecular weight excluding hydrogens is 366 g/mol. The first-order valence-corrected chi connectivity index (χ1v) is 10.0. The number of rotatable bonds is 4. The van der Waals surface area contributed by atoms with E-state index < -0.39 is 0 Å². The van der Waals surface area contributed by atoms with Crippen LogP contribution in [0, 0.1) is 5.92 Å². The number of nitrogens with zero attached hydrogens (tertiary/aromatic N) is 2. The standard InChI is InChI=1S/C23H23N3O3/c27-20-9-5-4-8-17(20)18-12-19(25-24-18)23(28)26-13-21(15-6-2-1-3-7-15)29-22(14-26)16-10-11-16/h1-9,12,16,21-22,27H,10-11,13-14H2,(H,24,25)/t21-,22+/m0/s1. The number of aromatic hydroxyl groups is 1. The minimum absolute atomic E-state index is 0.0680. The Balaban J connectivity index is 1.39. The van der Waals surface area contributed by atoms with Gasteiger partial charge in [0.2, 0.25) is 0 Å². The quantitative estimate of drug-likeness (QED) is 0.712. The highest BCUT2D eigenvalue weighted by atomic mass is 16.5. The van der Waals surface area contributed by atoms with Crippen molar-refractivity contribution >= 4 is 5.91 Å². The van der Waals surface area contributed by atoms with Gasteiger partial charge in [-0.1, -0.05) is 42.5 Å². The number of amides is 1. The van der Waals surface area contributed by atoms with Crippen LogP contribution in [0.5, 0.6) is 5.75 Å². The number of phenols is 1. The van der Waals surface area contributed by atoms with Gasteiger partial charge in [-0.3, -0.25) is 9.89 Å². The summed E-state index contributed by atoms with van der Waals surface area (Å²) in [7, 11) is 0. The van der Waals surface area contributed by atoms with Crippen LogP contribution >= 0.6 is 0 Å². The van der Waals surface area contributed by atoms with Gasteiger partial charge in [0.25, 0.3) is 5.91 Å². The first-order valence-electron chi connectivity index (χ1n) is 10.0. The van der Waals surface area contributed by atoms with Gasteiger partial charge in [0.1, 0.15) is 17.5 Å². The fourth-order valence-corrected chi connectivity index (χ4v) is 3.96. The lowest BCUT2D eigenvalue weighted by Crippen LogP contribution is -2.47. The second kappa shape index (κ2) is 7.37. The molecule has 2 fully saturated rings. The molecule has 1 aromatic heterocycles. The third-order valence-electron chi connectivity index (χ3n) is 5.72. The number of aromatic nitrogens is 2. The van der Waals surface area contributed by atoms with Crippen molar-refractivity contribution in [3.05, 3.63) is 71.9 Å². The van der Waals surface area contributed by atoms with Gasteiger partial charge in [0, 0.05) is 12.1 Å². The van der Waals surface area contributed by atoms with Gasteiger partial charge in [-0.25, -0.2) is 0 Å². The Morgan fingerprint density at radius 1 is 1.07 bits per heavy atom. The van der Waals surface area contributed by atoms with Crippen molar-refractivity contribution in [1.29, 1.82) is 0 Å². The topological polar surface area (TPSA) is 78.4 Å². The molecule has 1 aliphatic carbocycles. The number of hydrogen-bond donors (Lipinski definition) is 2. The fourth-order valence-electron chi connectivity index (χ4n) is 3.96. The van der Waals surface area contributed by atoms with E-state index in [1.165, 1.54) is 0 Å². The number of hydrogen-bond acceptors (Lipinski definition) is 4. The maximum absolute atomic E-state index is 13.2. The molecule has 6 nitrogen and oxygen atoms in total. The Hall–Kier alpha value is -3.12. The lowest BCUT2D eigenvalue weighted by Gasteiger charge is -2.38. The molecule has 0 bridgehead atoms. The number of morpholine rings is 1. The van der Waals surface area contributed by atoms with Crippen molar-refractivity contribution in [2.45, 2.75) is 25.0 Å². The Morgan fingerprint density at radius 2 is 1.83 bits per heavy atom. The number of benzene rings is 2. The van der Waals surface area contributed by atoms with Crippen molar-refractivity contribution in [3.8, 4) is 17.0 Å². The first-order chi connectivity index (χ1) is 14.2. The molecule has 2 aromatic carbocycles. The summed E-state index contributed by atoms with van der Waals surface area (Å²) < 4.78 is 6.35. The predicted octanol–water partition coefficient (Wildman–Crippen LogP) is 3.77. The zero-order chi connectivity index (χ0) is 19.8. The number of H-pyrrole nitrogens is 1. The van der Waals surface area contributed by atoms with Gasteiger partial charge in [-0.2, -0.15) is 5.10 Å². The smallest absolute Gasteiger partial charge is 0.272 e. The Labute approximate surface area is 169 Å². The summed E-state index contributed by atoms with van der Waals surface area (Å²) in [6, 6.07) is 18.8. The molecule has 29 heavy (non-hydrogen) atoms. The molecule has 0 spiro atoms. The van der Waals surface area contributed by atoms with Gasteiger partial charge in [0.15, 0.2) is 0 Å². The van der Waals surface area contributed by atoms with Crippen LogP contribution in [0.2, 0.25) is 0 Å². The predicted molar refractivity (Wildman–Crippen MR) is 108 cm³/mol. The van der Waals surface area contributed by atoms with E-state index in [1.54, 1.807) is 24.3 Å². The second-order valence-electron chi connectivity index (χ2n) is 7.81. The van der Waals surface area contributed by atoms with Crippen molar-refractivity contribution in [2.75, 3.05) is 13.1 Å². The summed E-state index contributed by atoms with van der Waals surface area (Å²) in [6.07, 6.45) is 2.27. The van der Waals surface area contributed by atoms with Crippen molar-refractivity contribution in [3.63, 3.8) is 0 Å². The van der Waals surface area contributed by atoms with Crippen molar-refractivity contribution in [1.82, 2.24) is 15.1 Å². The van der Waals surface area contributed by atoms with E-state index >= 15 is 0 Å². The number of nitrogens with one attached hydrogen (secondary N) is 1. The molecule has 1 saturated carbocycles. The lowest BCUT2D eigenvalue weighted by molar-refractivity contribution is -0.0865. The van der Waals surface area contributed by atoms with E-state index in [-0.39, 0.29) is 23.9 Å². The molecular formula is C23H23N3O3. The van der Waals surface area contributed by atoms with Gasteiger partial charge >= 0.3 is 0 Å². The monoisotopic (exact) mass is 389 g/mol. The molecule has 0 radical (unpaired) electrons. The van der Waals surface area contributed by atoms with E-state index in [9.17, 15) is 9.90 Å². The molecule has 2 aliphatic rings. The van der Waals surface area contributed by atoms with Gasteiger partial charge in [-0.05, 0) is 42.5 Å². The van der Waals surface area contributed by atoms with Crippen LogP contribution in [0.25, 0.3) is 11.3 Å².